The van der Waals surface area contributed by atoms with E-state index < -0.39 is 0 Å². The highest BCUT2D eigenvalue weighted by atomic mass is 32.2. The van der Waals surface area contributed by atoms with E-state index in [0.29, 0.717) is 0 Å². The van der Waals surface area contributed by atoms with Gasteiger partial charge in [0.15, 0.2) is 5.11 Å². The molecule has 4 nitrogen and oxygen atoms in total. The number of hydrogen-bond donors (Lipinski definition) is 1. The SMILES string of the molecule is S=C(NCCSc1ccccc1)N1CCN(c2ccncc2)CC1. The molecule has 0 saturated carbocycles. The van der Waals surface area contributed by atoms with Crippen LogP contribution in [0.3, 0.4) is 0 Å². The molecule has 0 aliphatic carbocycles. The first kappa shape index (κ1) is 17.0. The predicted molar refractivity (Wildman–Crippen MR) is 106 cm³/mol. The van der Waals surface area contributed by atoms with Crippen molar-refractivity contribution in [2.24, 2.45) is 0 Å². The molecule has 1 fully saturated rings. The van der Waals surface area contributed by atoms with Gasteiger partial charge in [0.1, 0.15) is 0 Å². The molecule has 0 radical (unpaired) electrons. The minimum Gasteiger partial charge on any atom is -0.368 e. The second-order valence-corrected chi connectivity index (χ2v) is 7.13. The fourth-order valence-corrected chi connectivity index (χ4v) is 3.75. The van der Waals surface area contributed by atoms with Crippen LogP contribution in [0.2, 0.25) is 0 Å². The van der Waals surface area contributed by atoms with E-state index in [0.717, 1.165) is 43.6 Å². The van der Waals surface area contributed by atoms with E-state index >= 15 is 0 Å². The minimum atomic E-state index is 0.873. The lowest BCUT2D eigenvalue weighted by molar-refractivity contribution is 0.381. The van der Waals surface area contributed by atoms with Gasteiger partial charge in [-0.1, -0.05) is 18.2 Å². The number of rotatable bonds is 5. The molecular formula is C18H22N4S2. The largest absolute Gasteiger partial charge is 0.368 e. The maximum atomic E-state index is 5.54. The Morgan fingerprint density at radius 1 is 1.04 bits per heavy atom. The molecule has 3 rings (SSSR count). The number of piperazine rings is 1. The van der Waals surface area contributed by atoms with Crippen LogP contribution >= 0.6 is 24.0 Å². The van der Waals surface area contributed by atoms with E-state index in [1.807, 2.05) is 30.2 Å². The molecule has 1 N–H and O–H groups in total. The van der Waals surface area contributed by atoms with Gasteiger partial charge in [0.2, 0.25) is 0 Å². The number of thiocarbonyl (C=S) groups is 1. The lowest BCUT2D eigenvalue weighted by Crippen LogP contribution is -2.52. The summed E-state index contributed by atoms with van der Waals surface area (Å²) in [5.74, 6) is 1.02. The van der Waals surface area contributed by atoms with Crippen LogP contribution in [-0.4, -0.2) is 53.5 Å². The van der Waals surface area contributed by atoms with Crippen LogP contribution in [0.25, 0.3) is 0 Å². The summed E-state index contributed by atoms with van der Waals surface area (Å²) >= 11 is 7.39. The first-order chi connectivity index (χ1) is 11.8. The number of benzene rings is 1. The minimum absolute atomic E-state index is 0.873. The van der Waals surface area contributed by atoms with E-state index in [-0.39, 0.29) is 0 Å². The molecule has 1 saturated heterocycles. The molecule has 0 unspecified atom stereocenters. The summed E-state index contributed by atoms with van der Waals surface area (Å²) < 4.78 is 0. The Labute approximate surface area is 153 Å². The van der Waals surface area contributed by atoms with Crippen molar-refractivity contribution in [1.82, 2.24) is 15.2 Å². The van der Waals surface area contributed by atoms with Gasteiger partial charge in [-0.3, -0.25) is 4.98 Å². The smallest absolute Gasteiger partial charge is 0.169 e. The van der Waals surface area contributed by atoms with Crippen LogP contribution in [0.1, 0.15) is 0 Å². The summed E-state index contributed by atoms with van der Waals surface area (Å²) in [7, 11) is 0. The average molecular weight is 359 g/mol. The Balaban J connectivity index is 1.36. The maximum absolute atomic E-state index is 5.54. The average Bonchev–Trinajstić information content (AvgIpc) is 2.67. The van der Waals surface area contributed by atoms with Crippen LogP contribution in [0.5, 0.6) is 0 Å². The van der Waals surface area contributed by atoms with Crippen LogP contribution in [0, 0.1) is 0 Å². The van der Waals surface area contributed by atoms with Gasteiger partial charge in [0.05, 0.1) is 0 Å². The van der Waals surface area contributed by atoms with Crippen molar-refractivity contribution in [3.63, 3.8) is 0 Å². The van der Waals surface area contributed by atoms with E-state index in [2.05, 4.69) is 56.5 Å². The predicted octanol–water partition coefficient (Wildman–Crippen LogP) is 2.87. The van der Waals surface area contributed by atoms with Gasteiger partial charge >= 0.3 is 0 Å². The molecule has 126 valence electrons. The zero-order chi connectivity index (χ0) is 16.6. The van der Waals surface area contributed by atoms with E-state index in [1.165, 1.54) is 10.6 Å². The van der Waals surface area contributed by atoms with Crippen molar-refractivity contribution < 1.29 is 0 Å². The Hall–Kier alpha value is -1.79. The molecule has 0 atom stereocenters. The van der Waals surface area contributed by atoms with Crippen LogP contribution in [-0.2, 0) is 0 Å². The second kappa shape index (κ2) is 8.89. The molecule has 1 aromatic carbocycles. The Morgan fingerprint density at radius 2 is 1.75 bits per heavy atom. The topological polar surface area (TPSA) is 31.4 Å². The van der Waals surface area contributed by atoms with Gasteiger partial charge in [-0.2, -0.15) is 0 Å². The van der Waals surface area contributed by atoms with E-state index in [4.69, 9.17) is 12.2 Å². The van der Waals surface area contributed by atoms with Crippen molar-refractivity contribution in [3.8, 4) is 0 Å². The third-order valence-corrected chi connectivity index (χ3v) is 5.40. The van der Waals surface area contributed by atoms with Crippen LogP contribution < -0.4 is 10.2 Å². The number of nitrogens with zero attached hydrogens (tertiary/aromatic N) is 3. The summed E-state index contributed by atoms with van der Waals surface area (Å²) in [6.45, 7) is 4.79. The number of pyridine rings is 1. The van der Waals surface area contributed by atoms with Crippen molar-refractivity contribution in [3.05, 3.63) is 54.9 Å². The standard InChI is InChI=1S/C18H22N4S2/c23-18(20-10-15-24-17-4-2-1-3-5-17)22-13-11-21(12-14-22)16-6-8-19-9-7-16/h1-9H,10-15H2,(H,20,23). The number of thioether (sulfide) groups is 1. The lowest BCUT2D eigenvalue weighted by Gasteiger charge is -2.37. The zero-order valence-electron chi connectivity index (χ0n) is 13.6. The monoisotopic (exact) mass is 358 g/mol. The summed E-state index contributed by atoms with van der Waals surface area (Å²) in [6.07, 6.45) is 3.69. The van der Waals surface area contributed by atoms with Crippen molar-refractivity contribution in [1.29, 1.82) is 0 Å². The number of aromatic nitrogens is 1. The summed E-state index contributed by atoms with van der Waals surface area (Å²) in [5.41, 5.74) is 1.24. The molecule has 0 bridgehead atoms. The summed E-state index contributed by atoms with van der Waals surface area (Å²) in [4.78, 5) is 10.0. The fourth-order valence-electron chi connectivity index (χ4n) is 2.68. The van der Waals surface area contributed by atoms with Gasteiger partial charge in [-0.15, -0.1) is 11.8 Å². The normalized spacial score (nSPS) is 14.5. The molecule has 1 aliphatic heterocycles. The maximum Gasteiger partial charge on any atom is 0.169 e. The van der Waals surface area contributed by atoms with Crippen molar-refractivity contribution >= 4 is 34.8 Å². The van der Waals surface area contributed by atoms with Crippen LogP contribution in [0.15, 0.2) is 59.8 Å². The number of anilines is 1. The molecule has 1 aromatic heterocycles. The number of nitrogens with one attached hydrogen (secondary N) is 1. The molecule has 24 heavy (non-hydrogen) atoms. The fraction of sp³-hybridized carbons (Fsp3) is 0.333. The first-order valence-corrected chi connectivity index (χ1v) is 9.58. The molecule has 0 amide bonds. The molecule has 2 aromatic rings. The lowest BCUT2D eigenvalue weighted by atomic mass is 10.3. The van der Waals surface area contributed by atoms with E-state index in [9.17, 15) is 0 Å². The highest BCUT2D eigenvalue weighted by Gasteiger charge is 2.18. The molecular weight excluding hydrogens is 336 g/mol. The highest BCUT2D eigenvalue weighted by molar-refractivity contribution is 7.99. The van der Waals surface area contributed by atoms with Gasteiger partial charge in [0, 0.05) is 61.5 Å². The Bertz CT molecular complexity index is 628. The summed E-state index contributed by atoms with van der Waals surface area (Å²) in [6, 6.07) is 14.6. The Morgan fingerprint density at radius 3 is 2.46 bits per heavy atom. The molecule has 2 heterocycles. The second-order valence-electron chi connectivity index (χ2n) is 5.57. The van der Waals surface area contributed by atoms with E-state index in [1.54, 1.807) is 0 Å². The Kier molecular flexibility index (Phi) is 6.32. The molecule has 0 spiro atoms. The third kappa shape index (κ3) is 4.85. The van der Waals surface area contributed by atoms with Crippen molar-refractivity contribution in [2.75, 3.05) is 43.4 Å². The highest BCUT2D eigenvalue weighted by Crippen LogP contribution is 2.16. The zero-order valence-corrected chi connectivity index (χ0v) is 15.2. The van der Waals surface area contributed by atoms with Gasteiger partial charge in [0.25, 0.3) is 0 Å². The first-order valence-electron chi connectivity index (χ1n) is 8.18. The summed E-state index contributed by atoms with van der Waals surface area (Å²) in [5, 5.41) is 4.26. The van der Waals surface area contributed by atoms with Gasteiger partial charge in [-0.25, -0.2) is 0 Å². The number of hydrogen-bond acceptors (Lipinski definition) is 4. The molecule has 1 aliphatic rings. The van der Waals surface area contributed by atoms with Crippen molar-refractivity contribution in [2.45, 2.75) is 4.90 Å². The van der Waals surface area contributed by atoms with Crippen LogP contribution in [0.4, 0.5) is 5.69 Å². The third-order valence-electron chi connectivity index (χ3n) is 3.98. The quantitative estimate of drug-likeness (QED) is 0.503. The van der Waals surface area contributed by atoms with Gasteiger partial charge < -0.3 is 15.1 Å². The molecule has 6 heteroatoms. The van der Waals surface area contributed by atoms with Gasteiger partial charge in [-0.05, 0) is 36.5 Å².